The molecule has 0 spiro atoms. The Morgan fingerprint density at radius 3 is 2.88 bits per heavy atom. The number of halogens is 1. The minimum Gasteiger partial charge on any atom is -0.361 e. The standard InChI is InChI=1S/C18H22FN3O2/c1-4-15(17-10(2)22-24-11(17)3)20-18(23)21-16-9-14(16)12-6-5-7-13(19)8-12/h5-8,14-16H,4,9H2,1-3H3,(H2,20,21,23)/t14-,15+,16+/m0/s1. The Hall–Kier alpha value is -2.37. The van der Waals surface area contributed by atoms with Crippen LogP contribution >= 0.6 is 0 Å². The van der Waals surface area contributed by atoms with Gasteiger partial charge in [-0.15, -0.1) is 0 Å². The second-order valence-corrected chi connectivity index (χ2v) is 6.32. The highest BCUT2D eigenvalue weighted by molar-refractivity contribution is 5.75. The molecule has 1 saturated carbocycles. The van der Waals surface area contributed by atoms with E-state index < -0.39 is 0 Å². The van der Waals surface area contributed by atoms with E-state index in [-0.39, 0.29) is 29.8 Å². The van der Waals surface area contributed by atoms with Crippen LogP contribution in [0, 0.1) is 19.7 Å². The van der Waals surface area contributed by atoms with Gasteiger partial charge in [0.2, 0.25) is 0 Å². The summed E-state index contributed by atoms with van der Waals surface area (Å²) in [6.07, 6.45) is 1.58. The van der Waals surface area contributed by atoms with Gasteiger partial charge >= 0.3 is 6.03 Å². The summed E-state index contributed by atoms with van der Waals surface area (Å²) in [5, 5.41) is 9.89. The van der Waals surface area contributed by atoms with Crippen molar-refractivity contribution in [2.75, 3.05) is 0 Å². The SMILES string of the molecule is CC[C@@H](NC(=O)N[C@@H]1C[C@H]1c1cccc(F)c1)c1c(C)noc1C. The van der Waals surface area contributed by atoms with E-state index in [2.05, 4.69) is 15.8 Å². The van der Waals surface area contributed by atoms with Crippen molar-refractivity contribution in [2.45, 2.75) is 51.6 Å². The summed E-state index contributed by atoms with van der Waals surface area (Å²) in [5.74, 6) is 0.668. The van der Waals surface area contributed by atoms with E-state index in [1.807, 2.05) is 26.8 Å². The van der Waals surface area contributed by atoms with Crippen molar-refractivity contribution in [3.8, 4) is 0 Å². The quantitative estimate of drug-likeness (QED) is 0.877. The van der Waals surface area contributed by atoms with Gasteiger partial charge in [-0.25, -0.2) is 9.18 Å². The van der Waals surface area contributed by atoms with Gasteiger partial charge in [0.25, 0.3) is 0 Å². The van der Waals surface area contributed by atoms with Gasteiger partial charge in [-0.3, -0.25) is 0 Å². The van der Waals surface area contributed by atoms with Gasteiger partial charge in [-0.2, -0.15) is 0 Å². The number of amides is 2. The van der Waals surface area contributed by atoms with Crippen LogP contribution in [0.15, 0.2) is 28.8 Å². The number of nitrogens with zero attached hydrogens (tertiary/aromatic N) is 1. The largest absolute Gasteiger partial charge is 0.361 e. The monoisotopic (exact) mass is 331 g/mol. The molecule has 1 aromatic heterocycles. The molecule has 0 bridgehead atoms. The van der Waals surface area contributed by atoms with Gasteiger partial charge in [0.1, 0.15) is 11.6 Å². The summed E-state index contributed by atoms with van der Waals surface area (Å²) < 4.78 is 18.5. The predicted molar refractivity (Wildman–Crippen MR) is 88.2 cm³/mol. The van der Waals surface area contributed by atoms with Crippen LogP contribution < -0.4 is 10.6 Å². The maximum Gasteiger partial charge on any atom is 0.315 e. The number of benzene rings is 1. The number of rotatable bonds is 5. The highest BCUT2D eigenvalue weighted by atomic mass is 19.1. The maximum absolute atomic E-state index is 13.3. The minimum atomic E-state index is -0.243. The Bertz CT molecular complexity index is 724. The zero-order chi connectivity index (χ0) is 17.3. The Morgan fingerprint density at radius 1 is 1.46 bits per heavy atom. The molecule has 2 N–H and O–H groups in total. The van der Waals surface area contributed by atoms with Crippen LogP contribution in [0.3, 0.4) is 0 Å². The predicted octanol–water partition coefficient (Wildman–Crippen LogP) is 3.74. The van der Waals surface area contributed by atoms with Crippen LogP contribution in [0.25, 0.3) is 0 Å². The van der Waals surface area contributed by atoms with E-state index in [1.165, 1.54) is 12.1 Å². The number of aryl methyl sites for hydroxylation is 2. The van der Waals surface area contributed by atoms with E-state index in [9.17, 15) is 9.18 Å². The molecule has 0 saturated heterocycles. The first-order valence-corrected chi connectivity index (χ1v) is 8.24. The third-order valence-corrected chi connectivity index (χ3v) is 4.53. The Balaban J connectivity index is 1.58. The molecule has 24 heavy (non-hydrogen) atoms. The molecule has 2 amide bonds. The zero-order valence-corrected chi connectivity index (χ0v) is 14.1. The van der Waals surface area contributed by atoms with Crippen LogP contribution in [0.2, 0.25) is 0 Å². The lowest BCUT2D eigenvalue weighted by Gasteiger charge is -2.17. The first-order chi connectivity index (χ1) is 11.5. The van der Waals surface area contributed by atoms with Gasteiger partial charge in [0, 0.05) is 17.5 Å². The van der Waals surface area contributed by atoms with E-state index in [0.29, 0.717) is 0 Å². The molecule has 1 aromatic carbocycles. The number of urea groups is 1. The molecule has 0 aliphatic heterocycles. The number of nitrogens with one attached hydrogen (secondary N) is 2. The van der Waals surface area contributed by atoms with Crippen molar-refractivity contribution in [2.24, 2.45) is 0 Å². The number of carbonyl (C=O) groups excluding carboxylic acids is 1. The van der Waals surface area contributed by atoms with Crippen LogP contribution in [-0.2, 0) is 0 Å². The third kappa shape index (κ3) is 3.42. The second-order valence-electron chi connectivity index (χ2n) is 6.32. The minimum absolute atomic E-state index is 0.0500. The van der Waals surface area contributed by atoms with Gasteiger partial charge in [0.15, 0.2) is 0 Å². The molecule has 1 heterocycles. The molecule has 0 radical (unpaired) electrons. The number of carbonyl (C=O) groups is 1. The lowest BCUT2D eigenvalue weighted by Crippen LogP contribution is -2.39. The Kier molecular flexibility index (Phi) is 4.55. The summed E-state index contributed by atoms with van der Waals surface area (Å²) in [7, 11) is 0. The number of hydrogen-bond acceptors (Lipinski definition) is 3. The highest BCUT2D eigenvalue weighted by Crippen LogP contribution is 2.40. The van der Waals surface area contributed by atoms with E-state index >= 15 is 0 Å². The molecule has 0 unspecified atom stereocenters. The van der Waals surface area contributed by atoms with Gasteiger partial charge in [-0.05, 0) is 44.4 Å². The van der Waals surface area contributed by atoms with Crippen LogP contribution in [0.1, 0.15) is 54.3 Å². The van der Waals surface area contributed by atoms with Gasteiger partial charge < -0.3 is 15.2 Å². The molecular formula is C18H22FN3O2. The Labute approximate surface area is 140 Å². The van der Waals surface area contributed by atoms with E-state index in [4.69, 9.17) is 4.52 Å². The first-order valence-electron chi connectivity index (χ1n) is 8.24. The summed E-state index contributed by atoms with van der Waals surface area (Å²) in [6, 6.07) is 6.25. The maximum atomic E-state index is 13.3. The molecular weight excluding hydrogens is 309 g/mol. The fourth-order valence-corrected chi connectivity index (χ4v) is 3.19. The molecule has 2 aromatic rings. The third-order valence-electron chi connectivity index (χ3n) is 4.53. The lowest BCUT2D eigenvalue weighted by atomic mass is 10.0. The molecule has 3 rings (SSSR count). The van der Waals surface area contributed by atoms with Crippen LogP contribution in [0.4, 0.5) is 9.18 Å². The molecule has 3 atom stereocenters. The van der Waals surface area contributed by atoms with Crippen LogP contribution in [0.5, 0.6) is 0 Å². The molecule has 1 aliphatic rings. The van der Waals surface area contributed by atoms with Gasteiger partial charge in [0.05, 0.1) is 11.7 Å². The van der Waals surface area contributed by atoms with Crippen LogP contribution in [-0.4, -0.2) is 17.2 Å². The first kappa shape index (κ1) is 16.5. The second kappa shape index (κ2) is 6.63. The van der Waals surface area contributed by atoms with Crippen molar-refractivity contribution in [3.63, 3.8) is 0 Å². The van der Waals surface area contributed by atoms with Crippen molar-refractivity contribution in [1.29, 1.82) is 0 Å². The Morgan fingerprint density at radius 2 is 2.25 bits per heavy atom. The average molecular weight is 331 g/mol. The summed E-state index contributed by atoms with van der Waals surface area (Å²) in [6.45, 7) is 5.72. The van der Waals surface area contributed by atoms with E-state index in [0.717, 1.165) is 35.4 Å². The molecule has 1 fully saturated rings. The average Bonchev–Trinajstić information content (AvgIpc) is 3.23. The molecule has 1 aliphatic carbocycles. The topological polar surface area (TPSA) is 67.2 Å². The van der Waals surface area contributed by atoms with Crippen molar-refractivity contribution in [3.05, 3.63) is 52.7 Å². The summed E-state index contributed by atoms with van der Waals surface area (Å²) >= 11 is 0. The molecule has 128 valence electrons. The lowest BCUT2D eigenvalue weighted by molar-refractivity contribution is 0.236. The number of hydrogen-bond donors (Lipinski definition) is 2. The molecule has 5 nitrogen and oxygen atoms in total. The molecule has 6 heteroatoms. The van der Waals surface area contributed by atoms with E-state index in [1.54, 1.807) is 6.07 Å². The van der Waals surface area contributed by atoms with Crippen molar-refractivity contribution < 1.29 is 13.7 Å². The normalized spacial score (nSPS) is 20.5. The zero-order valence-electron chi connectivity index (χ0n) is 14.1. The van der Waals surface area contributed by atoms with Crippen molar-refractivity contribution in [1.82, 2.24) is 15.8 Å². The summed E-state index contributed by atoms with van der Waals surface area (Å²) in [4.78, 5) is 12.3. The smallest absolute Gasteiger partial charge is 0.315 e. The van der Waals surface area contributed by atoms with Gasteiger partial charge in [-0.1, -0.05) is 24.2 Å². The fraction of sp³-hybridized carbons (Fsp3) is 0.444. The highest BCUT2D eigenvalue weighted by Gasteiger charge is 2.40. The van der Waals surface area contributed by atoms with Crippen molar-refractivity contribution >= 4 is 6.03 Å². The fourth-order valence-electron chi connectivity index (χ4n) is 3.19. The number of aromatic nitrogens is 1. The summed E-state index contributed by atoms with van der Waals surface area (Å²) in [5.41, 5.74) is 2.66.